The van der Waals surface area contributed by atoms with E-state index < -0.39 is 11.6 Å². The first-order valence-electron chi connectivity index (χ1n) is 5.12. The number of carbonyl (C=O) groups excluding carboxylic acids is 1. The van der Waals surface area contributed by atoms with Gasteiger partial charge in [0.25, 0.3) is 0 Å². The molecule has 0 aromatic heterocycles. The van der Waals surface area contributed by atoms with Crippen molar-refractivity contribution in [3.8, 4) is 11.1 Å². The molecular weight excluding hydrogens is 222 g/mol. The summed E-state index contributed by atoms with van der Waals surface area (Å²) in [6.07, 6.45) is 0.634. The molecule has 2 aromatic rings. The molecule has 0 saturated carbocycles. The van der Waals surface area contributed by atoms with Crippen LogP contribution in [-0.2, 0) is 0 Å². The van der Waals surface area contributed by atoms with Gasteiger partial charge in [-0.2, -0.15) is 0 Å². The van der Waals surface area contributed by atoms with Gasteiger partial charge < -0.3 is 0 Å². The summed E-state index contributed by atoms with van der Waals surface area (Å²) in [7, 11) is 0. The van der Waals surface area contributed by atoms with Gasteiger partial charge in [-0.05, 0) is 48.4 Å². The number of aryl methyl sites for hydroxylation is 1. The van der Waals surface area contributed by atoms with Crippen LogP contribution in [0.3, 0.4) is 0 Å². The van der Waals surface area contributed by atoms with Gasteiger partial charge in [-0.1, -0.05) is 6.07 Å². The summed E-state index contributed by atoms with van der Waals surface area (Å²) >= 11 is 0. The van der Waals surface area contributed by atoms with Crippen molar-refractivity contribution in [2.45, 2.75) is 6.92 Å². The van der Waals surface area contributed by atoms with Crippen LogP contribution in [0.2, 0.25) is 0 Å². The Morgan fingerprint density at radius 2 is 1.82 bits per heavy atom. The zero-order chi connectivity index (χ0) is 12.4. The van der Waals surface area contributed by atoms with Gasteiger partial charge in [-0.15, -0.1) is 0 Å². The van der Waals surface area contributed by atoms with Crippen molar-refractivity contribution in [2.24, 2.45) is 0 Å². The van der Waals surface area contributed by atoms with Crippen LogP contribution in [0.1, 0.15) is 15.9 Å². The van der Waals surface area contributed by atoms with Crippen molar-refractivity contribution in [2.75, 3.05) is 0 Å². The molecule has 0 unspecified atom stereocenters. The molecule has 2 aromatic carbocycles. The summed E-state index contributed by atoms with van der Waals surface area (Å²) in [5.74, 6) is -0.892. The largest absolute Gasteiger partial charge is 0.298 e. The number of benzene rings is 2. The van der Waals surface area contributed by atoms with Gasteiger partial charge in [0.1, 0.15) is 17.9 Å². The lowest BCUT2D eigenvalue weighted by atomic mass is 10.0. The Morgan fingerprint density at radius 1 is 1.06 bits per heavy atom. The molecule has 0 spiro atoms. The average molecular weight is 232 g/mol. The third-order valence-corrected chi connectivity index (χ3v) is 2.48. The number of aldehydes is 1. The zero-order valence-electron chi connectivity index (χ0n) is 9.21. The van der Waals surface area contributed by atoms with Crippen LogP contribution in [0.25, 0.3) is 11.1 Å². The molecule has 0 fully saturated rings. The van der Waals surface area contributed by atoms with Crippen molar-refractivity contribution < 1.29 is 13.6 Å². The standard InChI is InChI=1S/C14H10F2O/c1-9-4-11(7-12(15)5-9)13-6-10(8-17)2-3-14(13)16/h2-8H,1H3. The minimum absolute atomic E-state index is 0.234. The molecule has 2 rings (SSSR count). The van der Waals surface area contributed by atoms with Crippen molar-refractivity contribution in [3.63, 3.8) is 0 Å². The van der Waals surface area contributed by atoms with E-state index in [9.17, 15) is 13.6 Å². The average Bonchev–Trinajstić information content (AvgIpc) is 2.28. The highest BCUT2D eigenvalue weighted by Crippen LogP contribution is 2.25. The van der Waals surface area contributed by atoms with Gasteiger partial charge in [-0.25, -0.2) is 8.78 Å². The third kappa shape index (κ3) is 2.38. The fourth-order valence-electron chi connectivity index (χ4n) is 1.73. The van der Waals surface area contributed by atoms with Crippen molar-refractivity contribution in [3.05, 3.63) is 59.2 Å². The lowest BCUT2D eigenvalue weighted by molar-refractivity contribution is 0.112. The molecule has 3 heteroatoms. The second-order valence-corrected chi connectivity index (χ2v) is 3.87. The Hall–Kier alpha value is -2.03. The fraction of sp³-hybridized carbons (Fsp3) is 0.0714. The van der Waals surface area contributed by atoms with Crippen LogP contribution in [0, 0.1) is 18.6 Å². The Labute approximate surface area is 97.7 Å². The molecule has 0 saturated heterocycles. The molecule has 0 N–H and O–H groups in total. The van der Waals surface area contributed by atoms with Gasteiger partial charge in [-0.3, -0.25) is 4.79 Å². The van der Waals surface area contributed by atoms with Crippen LogP contribution in [0.4, 0.5) is 8.78 Å². The summed E-state index contributed by atoms with van der Waals surface area (Å²) in [6, 6.07) is 8.30. The minimum atomic E-state index is -0.472. The Kier molecular flexibility index (Phi) is 3.00. The van der Waals surface area contributed by atoms with Crippen LogP contribution < -0.4 is 0 Å². The summed E-state index contributed by atoms with van der Waals surface area (Å²) in [4.78, 5) is 10.6. The second-order valence-electron chi connectivity index (χ2n) is 3.87. The monoisotopic (exact) mass is 232 g/mol. The summed E-state index contributed by atoms with van der Waals surface area (Å²) in [6.45, 7) is 1.73. The smallest absolute Gasteiger partial charge is 0.150 e. The lowest BCUT2D eigenvalue weighted by Gasteiger charge is -2.06. The molecule has 0 atom stereocenters. The van der Waals surface area contributed by atoms with Gasteiger partial charge in [0, 0.05) is 11.1 Å². The van der Waals surface area contributed by atoms with Crippen molar-refractivity contribution in [1.82, 2.24) is 0 Å². The molecule has 0 bridgehead atoms. The maximum absolute atomic E-state index is 13.6. The first kappa shape index (κ1) is 11.5. The number of rotatable bonds is 2. The van der Waals surface area contributed by atoms with Crippen LogP contribution in [0.15, 0.2) is 36.4 Å². The first-order valence-corrected chi connectivity index (χ1v) is 5.12. The molecule has 0 radical (unpaired) electrons. The lowest BCUT2D eigenvalue weighted by Crippen LogP contribution is -1.90. The van der Waals surface area contributed by atoms with E-state index in [1.54, 1.807) is 13.0 Å². The van der Waals surface area contributed by atoms with Crippen LogP contribution in [-0.4, -0.2) is 6.29 Å². The highest BCUT2D eigenvalue weighted by molar-refractivity contribution is 5.79. The maximum atomic E-state index is 13.6. The van der Waals surface area contributed by atoms with E-state index in [1.807, 2.05) is 0 Å². The quantitative estimate of drug-likeness (QED) is 0.720. The molecule has 0 aliphatic heterocycles. The van der Waals surface area contributed by atoms with E-state index in [0.29, 0.717) is 23.0 Å². The predicted molar refractivity (Wildman–Crippen MR) is 61.9 cm³/mol. The van der Waals surface area contributed by atoms with Crippen molar-refractivity contribution in [1.29, 1.82) is 0 Å². The van der Waals surface area contributed by atoms with Crippen LogP contribution >= 0.6 is 0 Å². The van der Waals surface area contributed by atoms with E-state index in [4.69, 9.17) is 0 Å². The number of hydrogen-bond donors (Lipinski definition) is 0. The topological polar surface area (TPSA) is 17.1 Å². The summed E-state index contributed by atoms with van der Waals surface area (Å²) < 4.78 is 26.9. The highest BCUT2D eigenvalue weighted by atomic mass is 19.1. The van der Waals surface area contributed by atoms with E-state index in [2.05, 4.69) is 0 Å². The van der Waals surface area contributed by atoms with Gasteiger partial charge in [0.05, 0.1) is 0 Å². The SMILES string of the molecule is Cc1cc(F)cc(-c2cc(C=O)ccc2F)c1. The zero-order valence-corrected chi connectivity index (χ0v) is 9.21. The van der Waals surface area contributed by atoms with Crippen molar-refractivity contribution >= 4 is 6.29 Å². The predicted octanol–water partition coefficient (Wildman–Crippen LogP) is 3.75. The number of hydrogen-bond acceptors (Lipinski definition) is 1. The van der Waals surface area contributed by atoms with E-state index >= 15 is 0 Å². The summed E-state index contributed by atoms with van der Waals surface area (Å²) in [5.41, 5.74) is 1.74. The minimum Gasteiger partial charge on any atom is -0.298 e. The fourth-order valence-corrected chi connectivity index (χ4v) is 1.73. The molecule has 0 heterocycles. The molecule has 17 heavy (non-hydrogen) atoms. The molecular formula is C14H10F2O. The third-order valence-electron chi connectivity index (χ3n) is 2.48. The molecule has 86 valence electrons. The van der Waals surface area contributed by atoms with Crippen LogP contribution in [0.5, 0.6) is 0 Å². The van der Waals surface area contributed by atoms with Gasteiger partial charge >= 0.3 is 0 Å². The van der Waals surface area contributed by atoms with E-state index in [1.165, 1.54) is 30.3 Å². The number of carbonyl (C=O) groups is 1. The second kappa shape index (κ2) is 4.45. The molecule has 1 nitrogen and oxygen atoms in total. The maximum Gasteiger partial charge on any atom is 0.150 e. The Morgan fingerprint density at radius 3 is 2.47 bits per heavy atom. The molecule has 0 aliphatic rings. The normalized spacial score (nSPS) is 10.3. The van der Waals surface area contributed by atoms with Gasteiger partial charge in [0.2, 0.25) is 0 Å². The molecule has 0 amide bonds. The first-order chi connectivity index (χ1) is 8.10. The summed E-state index contributed by atoms with van der Waals surface area (Å²) in [5, 5.41) is 0. The van der Waals surface area contributed by atoms with E-state index in [0.717, 1.165) is 0 Å². The van der Waals surface area contributed by atoms with Gasteiger partial charge in [0.15, 0.2) is 0 Å². The Bertz CT molecular complexity index is 556. The highest BCUT2D eigenvalue weighted by Gasteiger charge is 2.08. The molecule has 0 aliphatic carbocycles. The Balaban J connectivity index is 2.62. The number of halogens is 2. The van der Waals surface area contributed by atoms with E-state index in [-0.39, 0.29) is 5.56 Å².